The van der Waals surface area contributed by atoms with E-state index in [2.05, 4.69) is 12.1 Å². The van der Waals surface area contributed by atoms with Gasteiger partial charge in [0, 0.05) is 6.54 Å². The highest BCUT2D eigenvalue weighted by atomic mass is 16.5. The van der Waals surface area contributed by atoms with E-state index in [1.165, 1.54) is 12.8 Å². The summed E-state index contributed by atoms with van der Waals surface area (Å²) in [6.07, 6.45) is 3.25. The van der Waals surface area contributed by atoms with E-state index in [4.69, 9.17) is 14.2 Å². The second kappa shape index (κ2) is 7.71. The molecule has 2 atom stereocenters. The predicted molar refractivity (Wildman–Crippen MR) is 109 cm³/mol. The van der Waals surface area contributed by atoms with Gasteiger partial charge in [0.25, 0.3) is 5.91 Å². The Balaban J connectivity index is 1.32. The fourth-order valence-corrected chi connectivity index (χ4v) is 4.17. The van der Waals surface area contributed by atoms with Crippen molar-refractivity contribution in [1.82, 2.24) is 4.90 Å². The molecule has 0 spiro atoms. The second-order valence-electron chi connectivity index (χ2n) is 8.47. The minimum Gasteiger partial charge on any atom is -0.492 e. The zero-order chi connectivity index (χ0) is 19.8. The van der Waals surface area contributed by atoms with Crippen LogP contribution >= 0.6 is 0 Å². The lowest BCUT2D eigenvalue weighted by atomic mass is 10.1. The number of hydrogen-bond acceptors (Lipinski definition) is 4. The average Bonchev–Trinajstić information content (AvgIpc) is 3.49. The van der Waals surface area contributed by atoms with Crippen LogP contribution in [-0.2, 0) is 11.3 Å². The number of carbonyl (C=O) groups excluding carboxylic acids is 1. The van der Waals surface area contributed by atoms with Crippen molar-refractivity contribution >= 4 is 5.91 Å². The molecule has 2 aromatic carbocycles. The Bertz CT molecular complexity index is 893. The van der Waals surface area contributed by atoms with E-state index < -0.39 is 0 Å². The van der Waals surface area contributed by atoms with Crippen molar-refractivity contribution in [2.45, 2.75) is 44.9 Å². The smallest absolute Gasteiger partial charge is 0.261 e. The molecule has 5 nitrogen and oxygen atoms in total. The van der Waals surface area contributed by atoms with Gasteiger partial charge in [-0.05, 0) is 55.4 Å². The molecule has 2 fully saturated rings. The van der Waals surface area contributed by atoms with Crippen molar-refractivity contribution in [2.24, 2.45) is 5.92 Å². The van der Waals surface area contributed by atoms with Crippen LogP contribution in [0.3, 0.4) is 0 Å². The molecular weight excluding hydrogens is 366 g/mol. The molecule has 0 N–H and O–H groups in total. The van der Waals surface area contributed by atoms with E-state index in [1.54, 1.807) is 0 Å². The zero-order valence-electron chi connectivity index (χ0n) is 16.8. The molecule has 1 saturated heterocycles. The van der Waals surface area contributed by atoms with Gasteiger partial charge in [0.1, 0.15) is 23.7 Å². The standard InChI is InChI=1S/C24H27NO4/c1-16-9-21(28-14-18-7-8-18)23-22(10-16)29-15-19-11-20(12-25(19)24(23)26)27-13-17-5-3-2-4-6-17/h2-6,9-10,18-20H,7-8,11-15H2,1H3/t19-,20+/m1/s1. The van der Waals surface area contributed by atoms with Crippen LogP contribution in [0.25, 0.3) is 0 Å². The molecule has 29 heavy (non-hydrogen) atoms. The van der Waals surface area contributed by atoms with Crippen LogP contribution in [0.15, 0.2) is 42.5 Å². The predicted octanol–water partition coefficient (Wildman–Crippen LogP) is 3.98. The number of amides is 1. The fraction of sp³-hybridized carbons (Fsp3) is 0.458. The quantitative estimate of drug-likeness (QED) is 0.745. The first kappa shape index (κ1) is 18.5. The first-order chi connectivity index (χ1) is 14.2. The highest BCUT2D eigenvalue weighted by Crippen LogP contribution is 2.38. The van der Waals surface area contributed by atoms with Crippen molar-refractivity contribution in [3.8, 4) is 11.5 Å². The highest BCUT2D eigenvalue weighted by Gasteiger charge is 2.41. The highest BCUT2D eigenvalue weighted by molar-refractivity contribution is 6.00. The zero-order valence-corrected chi connectivity index (χ0v) is 16.8. The Labute approximate surface area is 171 Å². The molecule has 1 saturated carbocycles. The first-order valence-electron chi connectivity index (χ1n) is 10.5. The molecule has 152 valence electrons. The van der Waals surface area contributed by atoms with Gasteiger partial charge >= 0.3 is 0 Å². The van der Waals surface area contributed by atoms with Crippen LogP contribution in [-0.4, -0.2) is 42.7 Å². The molecule has 0 aromatic heterocycles. The lowest BCUT2D eigenvalue weighted by Gasteiger charge is -2.21. The number of nitrogens with zero attached hydrogens (tertiary/aromatic N) is 1. The summed E-state index contributed by atoms with van der Waals surface area (Å²) in [6, 6.07) is 14.1. The molecule has 2 aromatic rings. The third kappa shape index (κ3) is 3.97. The van der Waals surface area contributed by atoms with Gasteiger partial charge < -0.3 is 19.1 Å². The molecule has 0 radical (unpaired) electrons. The van der Waals surface area contributed by atoms with Crippen molar-refractivity contribution in [3.63, 3.8) is 0 Å². The monoisotopic (exact) mass is 393 g/mol. The third-order valence-electron chi connectivity index (χ3n) is 5.99. The van der Waals surface area contributed by atoms with Crippen LogP contribution in [0.1, 0.15) is 40.7 Å². The summed E-state index contributed by atoms with van der Waals surface area (Å²) in [7, 11) is 0. The Kier molecular flexibility index (Phi) is 4.92. The van der Waals surface area contributed by atoms with E-state index >= 15 is 0 Å². The van der Waals surface area contributed by atoms with E-state index in [0.717, 1.165) is 17.5 Å². The normalized spacial score (nSPS) is 23.2. The van der Waals surface area contributed by atoms with E-state index in [9.17, 15) is 4.79 Å². The Morgan fingerprint density at radius 2 is 2.00 bits per heavy atom. The largest absolute Gasteiger partial charge is 0.492 e. The Morgan fingerprint density at radius 1 is 1.17 bits per heavy atom. The van der Waals surface area contributed by atoms with Crippen LogP contribution in [0.2, 0.25) is 0 Å². The summed E-state index contributed by atoms with van der Waals surface area (Å²) in [5.41, 5.74) is 2.77. The molecule has 5 rings (SSSR count). The summed E-state index contributed by atoms with van der Waals surface area (Å²) >= 11 is 0. The Hall–Kier alpha value is -2.53. The molecule has 0 bridgehead atoms. The molecule has 2 heterocycles. The van der Waals surface area contributed by atoms with Gasteiger partial charge in [0.15, 0.2) is 0 Å². The van der Waals surface area contributed by atoms with E-state index in [1.807, 2.05) is 42.2 Å². The molecule has 5 heteroatoms. The summed E-state index contributed by atoms with van der Waals surface area (Å²) in [5, 5.41) is 0. The molecular formula is C24H27NO4. The SMILES string of the molecule is Cc1cc(OCC2CC2)c2c(c1)OC[C@H]1C[C@H](OCc3ccccc3)CN1C2=O. The van der Waals surface area contributed by atoms with Gasteiger partial charge in [0.05, 0.1) is 25.4 Å². The molecule has 0 unspecified atom stereocenters. The average molecular weight is 393 g/mol. The van der Waals surface area contributed by atoms with Gasteiger partial charge in [-0.25, -0.2) is 0 Å². The second-order valence-corrected chi connectivity index (χ2v) is 8.47. The van der Waals surface area contributed by atoms with Gasteiger partial charge in [-0.3, -0.25) is 4.79 Å². The maximum Gasteiger partial charge on any atom is 0.261 e. The maximum atomic E-state index is 13.4. The number of rotatable bonds is 6. The summed E-state index contributed by atoms with van der Waals surface area (Å²) < 4.78 is 18.3. The number of fused-ring (bicyclic) bond motifs is 2. The minimum atomic E-state index is -0.000826. The molecule has 1 aliphatic carbocycles. The van der Waals surface area contributed by atoms with E-state index in [-0.39, 0.29) is 18.1 Å². The van der Waals surface area contributed by atoms with Crippen LogP contribution in [0.4, 0.5) is 0 Å². The number of ether oxygens (including phenoxy) is 3. The number of hydrogen-bond donors (Lipinski definition) is 0. The molecule has 3 aliphatic rings. The third-order valence-corrected chi connectivity index (χ3v) is 5.99. The van der Waals surface area contributed by atoms with Crippen molar-refractivity contribution in [1.29, 1.82) is 0 Å². The molecule has 1 amide bonds. The summed E-state index contributed by atoms with van der Waals surface area (Å²) in [5.74, 6) is 1.94. The van der Waals surface area contributed by atoms with Crippen LogP contribution in [0.5, 0.6) is 11.5 Å². The van der Waals surface area contributed by atoms with Crippen molar-refractivity contribution in [3.05, 3.63) is 59.2 Å². The lowest BCUT2D eigenvalue weighted by Crippen LogP contribution is -2.37. The topological polar surface area (TPSA) is 48.0 Å². The van der Waals surface area contributed by atoms with E-state index in [0.29, 0.717) is 49.3 Å². The first-order valence-corrected chi connectivity index (χ1v) is 10.5. The number of carbonyl (C=O) groups is 1. The van der Waals surface area contributed by atoms with Gasteiger partial charge in [-0.1, -0.05) is 30.3 Å². The van der Waals surface area contributed by atoms with Crippen LogP contribution in [0, 0.1) is 12.8 Å². The number of benzene rings is 2. The van der Waals surface area contributed by atoms with Crippen LogP contribution < -0.4 is 9.47 Å². The number of aryl methyl sites for hydroxylation is 1. The maximum absolute atomic E-state index is 13.4. The summed E-state index contributed by atoms with van der Waals surface area (Å²) in [6.45, 7) is 4.34. The minimum absolute atomic E-state index is 0.000826. The molecule has 2 aliphatic heterocycles. The van der Waals surface area contributed by atoms with Crippen molar-refractivity contribution in [2.75, 3.05) is 19.8 Å². The Morgan fingerprint density at radius 3 is 2.79 bits per heavy atom. The van der Waals surface area contributed by atoms with Gasteiger partial charge in [-0.15, -0.1) is 0 Å². The lowest BCUT2D eigenvalue weighted by molar-refractivity contribution is 0.0436. The van der Waals surface area contributed by atoms with Gasteiger partial charge in [-0.2, -0.15) is 0 Å². The van der Waals surface area contributed by atoms with Crippen molar-refractivity contribution < 1.29 is 19.0 Å². The van der Waals surface area contributed by atoms with Gasteiger partial charge in [0.2, 0.25) is 0 Å². The fourth-order valence-electron chi connectivity index (χ4n) is 4.17. The summed E-state index contributed by atoms with van der Waals surface area (Å²) in [4.78, 5) is 15.4.